The molecule has 0 bridgehead atoms. The molecule has 0 spiro atoms. The Kier molecular flexibility index (Phi) is 5.46. The van der Waals surface area contributed by atoms with Gasteiger partial charge in [-0.1, -0.05) is 29.8 Å². The number of hydrogen-bond acceptors (Lipinski definition) is 4. The highest BCUT2D eigenvalue weighted by molar-refractivity contribution is 7.89. The Morgan fingerprint density at radius 3 is 2.52 bits per heavy atom. The van der Waals surface area contributed by atoms with Crippen molar-refractivity contribution < 1.29 is 22.3 Å². The number of halogens is 1. The van der Waals surface area contributed by atoms with Crippen LogP contribution in [-0.2, 0) is 26.2 Å². The lowest BCUT2D eigenvalue weighted by atomic mass is 10.2. The Hall–Kier alpha value is -2.25. The summed E-state index contributed by atoms with van der Waals surface area (Å²) in [5, 5.41) is 0. The Bertz CT molecular complexity index is 788. The van der Waals surface area contributed by atoms with E-state index in [0.29, 0.717) is 5.56 Å². The Morgan fingerprint density at radius 2 is 1.87 bits per heavy atom. The number of carbonyl (C=O) groups excluding carboxylic acids is 1. The van der Waals surface area contributed by atoms with Crippen LogP contribution in [0.1, 0.15) is 11.1 Å². The summed E-state index contributed by atoms with van der Waals surface area (Å²) in [6.07, 6.45) is 0. The molecule has 0 heterocycles. The predicted molar refractivity (Wildman–Crippen MR) is 82.6 cm³/mol. The molecule has 7 heteroatoms. The standard InChI is InChI=1S/C16H16FNO4S/c1-12-5-7-15(8-6-12)23(20,21)18-10-16(19)22-11-13-3-2-4-14(17)9-13/h2-9,18H,10-11H2,1H3. The molecule has 5 nitrogen and oxygen atoms in total. The second kappa shape index (κ2) is 7.34. The molecule has 2 aromatic carbocycles. The maximum Gasteiger partial charge on any atom is 0.321 e. The minimum absolute atomic E-state index is 0.0704. The SMILES string of the molecule is Cc1ccc(S(=O)(=O)NCC(=O)OCc2cccc(F)c2)cc1. The number of hydrogen-bond donors (Lipinski definition) is 1. The molecule has 0 aliphatic carbocycles. The highest BCUT2D eigenvalue weighted by Gasteiger charge is 2.15. The van der Waals surface area contributed by atoms with E-state index in [4.69, 9.17) is 4.74 Å². The maximum absolute atomic E-state index is 13.0. The van der Waals surface area contributed by atoms with Crippen molar-refractivity contribution in [2.45, 2.75) is 18.4 Å². The van der Waals surface area contributed by atoms with E-state index < -0.39 is 28.4 Å². The van der Waals surface area contributed by atoms with Crippen molar-refractivity contribution in [3.8, 4) is 0 Å². The quantitative estimate of drug-likeness (QED) is 0.820. The molecule has 0 saturated carbocycles. The number of nitrogens with one attached hydrogen (secondary N) is 1. The summed E-state index contributed by atoms with van der Waals surface area (Å²) in [7, 11) is -3.77. The van der Waals surface area contributed by atoms with Crippen LogP contribution in [0.25, 0.3) is 0 Å². The molecular weight excluding hydrogens is 321 g/mol. The molecule has 122 valence electrons. The second-order valence-corrected chi connectivity index (χ2v) is 6.70. The van der Waals surface area contributed by atoms with Gasteiger partial charge in [0.15, 0.2) is 0 Å². The Balaban J connectivity index is 1.87. The summed E-state index contributed by atoms with van der Waals surface area (Å²) in [6.45, 7) is 1.22. The molecule has 0 aromatic heterocycles. The average molecular weight is 337 g/mol. The third-order valence-corrected chi connectivity index (χ3v) is 4.44. The predicted octanol–water partition coefficient (Wildman–Crippen LogP) is 2.16. The first-order valence-corrected chi connectivity index (χ1v) is 8.31. The summed E-state index contributed by atoms with van der Waals surface area (Å²) in [6, 6.07) is 11.9. The second-order valence-electron chi connectivity index (χ2n) is 4.93. The van der Waals surface area contributed by atoms with Gasteiger partial charge >= 0.3 is 5.97 Å². The van der Waals surface area contributed by atoms with Crippen molar-refractivity contribution >= 4 is 16.0 Å². The molecular formula is C16H16FNO4S. The lowest BCUT2D eigenvalue weighted by Crippen LogP contribution is -2.30. The van der Waals surface area contributed by atoms with Crippen molar-refractivity contribution in [3.63, 3.8) is 0 Å². The van der Waals surface area contributed by atoms with Gasteiger partial charge in [-0.3, -0.25) is 4.79 Å². The lowest BCUT2D eigenvalue weighted by molar-refractivity contribution is -0.143. The highest BCUT2D eigenvalue weighted by atomic mass is 32.2. The van der Waals surface area contributed by atoms with E-state index in [9.17, 15) is 17.6 Å². The van der Waals surface area contributed by atoms with Crippen molar-refractivity contribution in [1.82, 2.24) is 4.72 Å². The molecule has 0 fully saturated rings. The van der Waals surface area contributed by atoms with E-state index in [-0.39, 0.29) is 11.5 Å². The van der Waals surface area contributed by atoms with Gasteiger partial charge in [0.05, 0.1) is 4.90 Å². The van der Waals surface area contributed by atoms with E-state index in [0.717, 1.165) is 5.56 Å². The van der Waals surface area contributed by atoms with Crippen LogP contribution in [0.4, 0.5) is 4.39 Å². The largest absolute Gasteiger partial charge is 0.460 e. The first kappa shape index (κ1) is 17.1. The van der Waals surface area contributed by atoms with Gasteiger partial charge in [0, 0.05) is 0 Å². The van der Waals surface area contributed by atoms with Gasteiger partial charge < -0.3 is 4.74 Å². The smallest absolute Gasteiger partial charge is 0.321 e. The van der Waals surface area contributed by atoms with Crippen LogP contribution in [0, 0.1) is 12.7 Å². The van der Waals surface area contributed by atoms with Crippen molar-refractivity contribution in [1.29, 1.82) is 0 Å². The van der Waals surface area contributed by atoms with Crippen molar-refractivity contribution in [2.75, 3.05) is 6.54 Å². The van der Waals surface area contributed by atoms with E-state index in [1.54, 1.807) is 18.2 Å². The van der Waals surface area contributed by atoms with Crippen molar-refractivity contribution in [2.24, 2.45) is 0 Å². The third-order valence-electron chi connectivity index (χ3n) is 3.03. The molecule has 0 amide bonds. The Labute approximate surface area is 134 Å². The number of rotatable bonds is 6. The first-order chi connectivity index (χ1) is 10.9. The molecule has 0 radical (unpaired) electrons. The molecule has 0 atom stereocenters. The summed E-state index contributed by atoms with van der Waals surface area (Å²) >= 11 is 0. The molecule has 0 unspecified atom stereocenters. The first-order valence-electron chi connectivity index (χ1n) is 6.83. The summed E-state index contributed by atoms with van der Waals surface area (Å²) in [5.41, 5.74) is 1.41. The normalized spacial score (nSPS) is 11.2. The fraction of sp³-hybridized carbons (Fsp3) is 0.188. The zero-order valence-corrected chi connectivity index (χ0v) is 13.3. The van der Waals surface area contributed by atoms with Gasteiger partial charge in [0.25, 0.3) is 0 Å². The fourth-order valence-electron chi connectivity index (χ4n) is 1.80. The average Bonchev–Trinajstić information content (AvgIpc) is 2.51. The monoisotopic (exact) mass is 337 g/mol. The summed E-state index contributed by atoms with van der Waals surface area (Å²) in [5.74, 6) is -1.18. The molecule has 2 aromatic rings. The van der Waals surface area contributed by atoms with Crippen LogP contribution >= 0.6 is 0 Å². The van der Waals surface area contributed by atoms with E-state index in [1.807, 2.05) is 6.92 Å². The number of carbonyl (C=O) groups is 1. The van der Waals surface area contributed by atoms with Crippen LogP contribution in [-0.4, -0.2) is 20.9 Å². The van der Waals surface area contributed by atoms with Crippen LogP contribution in [0.3, 0.4) is 0 Å². The minimum atomic E-state index is -3.77. The molecule has 0 aliphatic rings. The zero-order valence-electron chi connectivity index (χ0n) is 12.5. The highest BCUT2D eigenvalue weighted by Crippen LogP contribution is 2.10. The van der Waals surface area contributed by atoms with E-state index in [1.165, 1.54) is 30.3 Å². The van der Waals surface area contributed by atoms with E-state index in [2.05, 4.69) is 4.72 Å². The molecule has 2 rings (SSSR count). The lowest BCUT2D eigenvalue weighted by Gasteiger charge is -2.08. The third kappa shape index (κ3) is 5.15. The molecule has 0 aliphatic heterocycles. The van der Waals surface area contributed by atoms with Gasteiger partial charge in [-0.25, -0.2) is 12.8 Å². The minimum Gasteiger partial charge on any atom is -0.460 e. The topological polar surface area (TPSA) is 72.5 Å². The van der Waals surface area contributed by atoms with Gasteiger partial charge in [-0.15, -0.1) is 0 Å². The number of benzene rings is 2. The van der Waals surface area contributed by atoms with Gasteiger partial charge in [-0.2, -0.15) is 4.72 Å². The molecule has 0 saturated heterocycles. The van der Waals surface area contributed by atoms with Crippen LogP contribution in [0.15, 0.2) is 53.4 Å². The van der Waals surface area contributed by atoms with Crippen molar-refractivity contribution in [3.05, 3.63) is 65.5 Å². The van der Waals surface area contributed by atoms with Gasteiger partial charge in [0.2, 0.25) is 10.0 Å². The number of esters is 1. The Morgan fingerprint density at radius 1 is 1.17 bits per heavy atom. The van der Waals surface area contributed by atoms with Crippen LogP contribution in [0.5, 0.6) is 0 Å². The van der Waals surface area contributed by atoms with Gasteiger partial charge in [-0.05, 0) is 36.8 Å². The number of aryl methyl sites for hydroxylation is 1. The molecule has 1 N–H and O–H groups in total. The zero-order chi connectivity index (χ0) is 16.9. The van der Waals surface area contributed by atoms with E-state index >= 15 is 0 Å². The number of ether oxygens (including phenoxy) is 1. The molecule has 23 heavy (non-hydrogen) atoms. The summed E-state index contributed by atoms with van der Waals surface area (Å²) in [4.78, 5) is 11.7. The van der Waals surface area contributed by atoms with Gasteiger partial charge in [0.1, 0.15) is 19.0 Å². The maximum atomic E-state index is 13.0. The summed E-state index contributed by atoms with van der Waals surface area (Å²) < 4.78 is 44.0. The van der Waals surface area contributed by atoms with Crippen LogP contribution < -0.4 is 4.72 Å². The van der Waals surface area contributed by atoms with Crippen LogP contribution in [0.2, 0.25) is 0 Å². The number of sulfonamides is 1. The fourth-order valence-corrected chi connectivity index (χ4v) is 2.77.